The van der Waals surface area contributed by atoms with Gasteiger partial charge in [0.25, 0.3) is 11.8 Å². The Labute approximate surface area is 225 Å². The number of fused-ring (bicyclic) bond motifs is 1. The second-order valence-corrected chi connectivity index (χ2v) is 10.2. The summed E-state index contributed by atoms with van der Waals surface area (Å²) in [5.74, 6) is -1.60. The predicted octanol–water partition coefficient (Wildman–Crippen LogP) is 6.13. The fourth-order valence-corrected chi connectivity index (χ4v) is 5.72. The Morgan fingerprint density at radius 2 is 1.59 bits per heavy atom. The summed E-state index contributed by atoms with van der Waals surface area (Å²) in [6.45, 7) is 0. The van der Waals surface area contributed by atoms with Crippen molar-refractivity contribution in [3.8, 4) is 11.5 Å². The minimum atomic E-state index is -0.982. The molecule has 2 fully saturated rings. The number of halogens is 1. The first-order valence-electron chi connectivity index (χ1n) is 13.4. The van der Waals surface area contributed by atoms with Crippen molar-refractivity contribution in [2.75, 3.05) is 4.90 Å². The molecule has 4 aromatic rings. The van der Waals surface area contributed by atoms with E-state index in [1.54, 1.807) is 30.3 Å². The van der Waals surface area contributed by atoms with Crippen molar-refractivity contribution in [1.82, 2.24) is 9.88 Å². The number of para-hydroxylation sites is 2. The third-order valence-corrected chi connectivity index (χ3v) is 7.68. The first-order valence-corrected chi connectivity index (χ1v) is 13.4. The number of rotatable bonds is 5. The Balaban J connectivity index is 1.30. The third kappa shape index (κ3) is 4.71. The SMILES string of the molecule is O=C1CC(N(C(=O)c2ccccc2F)C2CCCCCC2)C(=O)N1c1ccc(-c2nc3ccccc3o2)cc1. The summed E-state index contributed by atoms with van der Waals surface area (Å²) >= 11 is 0. The summed E-state index contributed by atoms with van der Waals surface area (Å²) in [5, 5.41) is 0. The lowest BCUT2D eigenvalue weighted by molar-refractivity contribution is -0.123. The first-order chi connectivity index (χ1) is 19.0. The first kappa shape index (κ1) is 25.0. The molecule has 39 heavy (non-hydrogen) atoms. The number of aromatic nitrogens is 1. The molecule has 0 radical (unpaired) electrons. The van der Waals surface area contributed by atoms with Crippen molar-refractivity contribution in [1.29, 1.82) is 0 Å². The van der Waals surface area contributed by atoms with Gasteiger partial charge in [-0.15, -0.1) is 0 Å². The number of oxazole rings is 1. The van der Waals surface area contributed by atoms with Crippen LogP contribution < -0.4 is 4.90 Å². The Bertz CT molecular complexity index is 1510. The number of hydrogen-bond donors (Lipinski definition) is 0. The van der Waals surface area contributed by atoms with Gasteiger partial charge in [-0.25, -0.2) is 14.3 Å². The van der Waals surface area contributed by atoms with Crippen LogP contribution in [-0.2, 0) is 9.59 Å². The number of anilines is 1. The maximum atomic E-state index is 14.7. The van der Waals surface area contributed by atoms with Gasteiger partial charge in [-0.2, -0.15) is 0 Å². The molecule has 6 rings (SSSR count). The van der Waals surface area contributed by atoms with E-state index in [-0.39, 0.29) is 23.9 Å². The van der Waals surface area contributed by atoms with Crippen LogP contribution in [0.25, 0.3) is 22.6 Å². The van der Waals surface area contributed by atoms with E-state index in [9.17, 15) is 18.8 Å². The van der Waals surface area contributed by atoms with Crippen LogP contribution in [0.5, 0.6) is 0 Å². The largest absolute Gasteiger partial charge is 0.436 e. The normalized spacial score (nSPS) is 18.5. The lowest BCUT2D eigenvalue weighted by Gasteiger charge is -2.35. The molecule has 3 aromatic carbocycles. The minimum Gasteiger partial charge on any atom is -0.436 e. The third-order valence-electron chi connectivity index (χ3n) is 7.68. The summed E-state index contributed by atoms with van der Waals surface area (Å²) in [7, 11) is 0. The average Bonchev–Trinajstić information content (AvgIpc) is 3.38. The van der Waals surface area contributed by atoms with Crippen LogP contribution in [0.15, 0.2) is 77.2 Å². The van der Waals surface area contributed by atoms with Crippen LogP contribution in [0.3, 0.4) is 0 Å². The van der Waals surface area contributed by atoms with Crippen LogP contribution >= 0.6 is 0 Å². The van der Waals surface area contributed by atoms with E-state index in [0.29, 0.717) is 22.7 Å². The molecular weight excluding hydrogens is 497 g/mol. The summed E-state index contributed by atoms with van der Waals surface area (Å²) in [6, 6.07) is 18.9. The van der Waals surface area contributed by atoms with Crippen molar-refractivity contribution >= 4 is 34.5 Å². The van der Waals surface area contributed by atoms with Crippen molar-refractivity contribution < 1.29 is 23.2 Å². The molecule has 1 unspecified atom stereocenters. The Morgan fingerprint density at radius 1 is 0.897 bits per heavy atom. The zero-order valence-electron chi connectivity index (χ0n) is 21.4. The van der Waals surface area contributed by atoms with Crippen LogP contribution in [0.2, 0.25) is 0 Å². The van der Waals surface area contributed by atoms with E-state index < -0.39 is 23.7 Å². The van der Waals surface area contributed by atoms with E-state index in [4.69, 9.17) is 4.42 Å². The fraction of sp³-hybridized carbons (Fsp3) is 0.290. The lowest BCUT2D eigenvalue weighted by atomic mass is 10.0. The summed E-state index contributed by atoms with van der Waals surface area (Å²) in [4.78, 5) is 47.8. The van der Waals surface area contributed by atoms with Crippen LogP contribution in [0.1, 0.15) is 55.3 Å². The Kier molecular flexibility index (Phi) is 6.69. The molecule has 0 spiro atoms. The van der Waals surface area contributed by atoms with Crippen molar-refractivity contribution in [3.05, 3.63) is 84.2 Å². The smallest absolute Gasteiger partial charge is 0.257 e. The molecular formula is C31H28FN3O4. The van der Waals surface area contributed by atoms with Crippen molar-refractivity contribution in [2.24, 2.45) is 0 Å². The zero-order chi connectivity index (χ0) is 26.9. The van der Waals surface area contributed by atoms with Gasteiger partial charge in [0.1, 0.15) is 17.4 Å². The van der Waals surface area contributed by atoms with E-state index in [0.717, 1.165) is 48.9 Å². The summed E-state index contributed by atoms with van der Waals surface area (Å²) in [5.41, 5.74) is 2.44. The highest BCUT2D eigenvalue weighted by Crippen LogP contribution is 2.33. The average molecular weight is 526 g/mol. The molecule has 1 saturated carbocycles. The van der Waals surface area contributed by atoms with Crippen LogP contribution in [0, 0.1) is 5.82 Å². The van der Waals surface area contributed by atoms with E-state index in [1.165, 1.54) is 23.1 Å². The molecule has 1 aliphatic heterocycles. The summed E-state index contributed by atoms with van der Waals surface area (Å²) < 4.78 is 20.5. The maximum Gasteiger partial charge on any atom is 0.257 e. The molecule has 0 bridgehead atoms. The molecule has 1 atom stereocenters. The number of hydrogen-bond acceptors (Lipinski definition) is 5. The highest BCUT2D eigenvalue weighted by atomic mass is 19.1. The second kappa shape index (κ2) is 10.4. The molecule has 1 saturated heterocycles. The van der Waals surface area contributed by atoms with E-state index >= 15 is 0 Å². The number of amides is 3. The molecule has 2 heterocycles. The molecule has 2 aliphatic rings. The molecule has 7 nitrogen and oxygen atoms in total. The van der Waals surface area contributed by atoms with Gasteiger partial charge in [-0.05, 0) is 61.4 Å². The molecule has 198 valence electrons. The van der Waals surface area contributed by atoms with Gasteiger partial charge in [0.2, 0.25) is 11.8 Å². The van der Waals surface area contributed by atoms with E-state index in [2.05, 4.69) is 4.98 Å². The van der Waals surface area contributed by atoms with Gasteiger partial charge in [0.15, 0.2) is 5.58 Å². The summed E-state index contributed by atoms with van der Waals surface area (Å²) in [6.07, 6.45) is 5.24. The highest BCUT2D eigenvalue weighted by molar-refractivity contribution is 6.23. The molecule has 1 aromatic heterocycles. The Hall–Kier alpha value is -4.33. The van der Waals surface area contributed by atoms with Crippen molar-refractivity contribution in [3.63, 3.8) is 0 Å². The number of benzene rings is 3. The van der Waals surface area contributed by atoms with E-state index in [1.807, 2.05) is 24.3 Å². The van der Waals surface area contributed by atoms with Crippen molar-refractivity contribution in [2.45, 2.75) is 57.0 Å². The van der Waals surface area contributed by atoms with Gasteiger partial charge in [-0.1, -0.05) is 49.9 Å². The highest BCUT2D eigenvalue weighted by Gasteiger charge is 2.47. The van der Waals surface area contributed by atoms with Gasteiger partial charge in [0.05, 0.1) is 17.7 Å². The van der Waals surface area contributed by atoms with Crippen LogP contribution in [-0.4, -0.2) is 39.7 Å². The zero-order valence-corrected chi connectivity index (χ0v) is 21.4. The van der Waals surface area contributed by atoms with Crippen LogP contribution in [0.4, 0.5) is 10.1 Å². The number of imide groups is 1. The molecule has 8 heteroatoms. The quantitative estimate of drug-likeness (QED) is 0.231. The second-order valence-electron chi connectivity index (χ2n) is 10.2. The maximum absolute atomic E-state index is 14.7. The molecule has 3 amide bonds. The topological polar surface area (TPSA) is 83.7 Å². The van der Waals surface area contributed by atoms with Gasteiger partial charge < -0.3 is 9.32 Å². The number of nitrogens with zero attached hydrogens (tertiary/aromatic N) is 3. The standard InChI is InChI=1S/C31H28FN3O4/c32-24-12-6-5-11-23(24)30(37)34(21-9-3-1-2-4-10-21)26-19-28(36)35(31(26)38)22-17-15-20(16-18-22)29-33-25-13-7-8-14-27(25)39-29/h5-8,11-18,21,26H,1-4,9-10,19H2. The minimum absolute atomic E-state index is 0.0804. The monoisotopic (exact) mass is 525 g/mol. The lowest BCUT2D eigenvalue weighted by Crippen LogP contribution is -2.51. The van der Waals surface area contributed by atoms with Gasteiger partial charge >= 0.3 is 0 Å². The van der Waals surface area contributed by atoms with Gasteiger partial charge in [0, 0.05) is 11.6 Å². The molecule has 0 N–H and O–H groups in total. The molecule has 1 aliphatic carbocycles. The number of carbonyl (C=O) groups excluding carboxylic acids is 3. The Morgan fingerprint density at radius 3 is 2.31 bits per heavy atom. The predicted molar refractivity (Wildman–Crippen MR) is 144 cm³/mol. The van der Waals surface area contributed by atoms with Gasteiger partial charge in [-0.3, -0.25) is 14.4 Å². The fourth-order valence-electron chi connectivity index (χ4n) is 5.72. The number of carbonyl (C=O) groups is 3.